The monoisotopic (exact) mass is 383 g/mol. The Morgan fingerprint density at radius 2 is 1.30 bits per heavy atom. The first-order valence-corrected chi connectivity index (χ1v) is 2.30. The summed E-state index contributed by atoms with van der Waals surface area (Å²) < 4.78 is 2.00. The molecule has 0 N–H and O–H groups in total. The predicted octanol–water partition coefficient (Wildman–Crippen LogP) is -6.29. The second-order valence-corrected chi connectivity index (χ2v) is 1.54. The van der Waals surface area contributed by atoms with Crippen LogP contribution in [0.25, 0.3) is 0 Å². The van der Waals surface area contributed by atoms with Crippen molar-refractivity contribution >= 4 is 13.5 Å². The molecule has 0 aliphatic carbocycles. The zero-order valence-electron chi connectivity index (χ0n) is 5.67. The van der Waals surface area contributed by atoms with E-state index >= 15 is 0 Å². The second kappa shape index (κ2) is 9.96. The van der Waals surface area contributed by atoms with E-state index in [0.717, 1.165) is 0 Å². The Balaban J connectivity index is -0.000000163. The summed E-state index contributed by atoms with van der Waals surface area (Å²) in [6, 6.07) is 6.00. The Morgan fingerprint density at radius 3 is 1.50 bits per heavy atom. The standard InChI is InChI=1S/C6H8N.2HI.H2S/c1-7-5-3-2-4-6-7;;;/h2-6H,1H3;2*1H;1H2/q+1;;;/p-1. The molecular weight excluding hydrogens is 372 g/mol. The van der Waals surface area contributed by atoms with Gasteiger partial charge in [0, 0.05) is 12.1 Å². The van der Waals surface area contributed by atoms with Crippen molar-refractivity contribution in [2.24, 2.45) is 7.05 Å². The largest absolute Gasteiger partial charge is 1.00 e. The van der Waals surface area contributed by atoms with Gasteiger partial charge in [-0.1, -0.05) is 19.6 Å². The van der Waals surface area contributed by atoms with Gasteiger partial charge in [0.2, 0.25) is 0 Å². The molecule has 0 saturated carbocycles. The lowest BCUT2D eigenvalue weighted by Crippen LogP contribution is -3.00. The van der Waals surface area contributed by atoms with E-state index in [9.17, 15) is 0 Å². The van der Waals surface area contributed by atoms with Crippen molar-refractivity contribution in [3.05, 3.63) is 30.6 Å². The van der Waals surface area contributed by atoms with Gasteiger partial charge in [-0.25, -0.2) is 4.57 Å². The summed E-state index contributed by atoms with van der Waals surface area (Å²) in [7, 11) is 2.00. The average molecular weight is 383 g/mol. The first-order valence-electron chi connectivity index (χ1n) is 2.30. The van der Waals surface area contributed by atoms with Crippen LogP contribution in [0.15, 0.2) is 30.6 Å². The lowest BCUT2D eigenvalue weighted by Gasteiger charge is -1.77. The van der Waals surface area contributed by atoms with E-state index in [2.05, 4.69) is 0 Å². The fourth-order valence-corrected chi connectivity index (χ4v) is 0.485. The second-order valence-electron chi connectivity index (χ2n) is 1.54. The van der Waals surface area contributed by atoms with Gasteiger partial charge in [-0.3, -0.25) is 0 Å². The summed E-state index contributed by atoms with van der Waals surface area (Å²) >= 11 is 0. The maximum atomic E-state index is 2.00. The molecule has 0 bridgehead atoms. The normalized spacial score (nSPS) is 6.10. The molecule has 0 amide bonds. The molecule has 1 aromatic rings. The molecule has 1 aromatic heterocycles. The van der Waals surface area contributed by atoms with Crippen LogP contribution >= 0.6 is 0 Å². The predicted molar refractivity (Wildman–Crippen MR) is 39.2 cm³/mol. The van der Waals surface area contributed by atoms with E-state index in [4.69, 9.17) is 0 Å². The number of pyridine rings is 1. The minimum absolute atomic E-state index is 0. The molecule has 0 aliphatic rings. The third-order valence-electron chi connectivity index (χ3n) is 0.865. The highest BCUT2D eigenvalue weighted by Crippen LogP contribution is 1.71. The highest BCUT2D eigenvalue weighted by molar-refractivity contribution is 7.37. The van der Waals surface area contributed by atoms with Crippen molar-refractivity contribution in [2.45, 2.75) is 0 Å². The molecule has 0 radical (unpaired) electrons. The van der Waals surface area contributed by atoms with Crippen LogP contribution in [0.4, 0.5) is 0 Å². The number of aryl methyl sites for hydroxylation is 1. The van der Waals surface area contributed by atoms with Crippen LogP contribution in [0.3, 0.4) is 0 Å². The molecule has 60 valence electrons. The summed E-state index contributed by atoms with van der Waals surface area (Å²) in [5.41, 5.74) is 0. The lowest BCUT2D eigenvalue weighted by atomic mass is 10.5. The molecule has 1 rings (SSSR count). The van der Waals surface area contributed by atoms with E-state index in [0.29, 0.717) is 0 Å². The van der Waals surface area contributed by atoms with Crippen LogP contribution in [-0.4, -0.2) is 0 Å². The van der Waals surface area contributed by atoms with Crippen molar-refractivity contribution in [2.75, 3.05) is 0 Å². The van der Waals surface area contributed by atoms with Gasteiger partial charge in [0.15, 0.2) is 12.4 Å². The Kier molecular flexibility index (Phi) is 17.1. The maximum Gasteiger partial charge on any atom is 0.168 e. The first-order chi connectivity index (χ1) is 3.39. The minimum Gasteiger partial charge on any atom is -1.00 e. The van der Waals surface area contributed by atoms with Crippen LogP contribution in [0, 0.1) is 0 Å². The Labute approximate surface area is 103 Å². The molecule has 0 fully saturated rings. The van der Waals surface area contributed by atoms with Gasteiger partial charge in [0.05, 0.1) is 0 Å². The van der Waals surface area contributed by atoms with E-state index in [1.807, 2.05) is 42.2 Å². The summed E-state index contributed by atoms with van der Waals surface area (Å²) in [5.74, 6) is 0. The smallest absolute Gasteiger partial charge is 0.168 e. The number of halogens is 2. The molecule has 10 heavy (non-hydrogen) atoms. The third kappa shape index (κ3) is 7.07. The number of rotatable bonds is 0. The molecule has 1 heterocycles. The molecular formula is C6H11I2NS. The van der Waals surface area contributed by atoms with Gasteiger partial charge < -0.3 is 48.0 Å². The molecule has 0 saturated heterocycles. The first kappa shape index (κ1) is 17.2. The van der Waals surface area contributed by atoms with Gasteiger partial charge in [-0.15, -0.1) is 0 Å². The van der Waals surface area contributed by atoms with E-state index < -0.39 is 0 Å². The van der Waals surface area contributed by atoms with E-state index in [1.165, 1.54) is 0 Å². The zero-order chi connectivity index (χ0) is 5.11. The highest BCUT2D eigenvalue weighted by atomic mass is 127. The van der Waals surface area contributed by atoms with Crippen molar-refractivity contribution < 1.29 is 52.5 Å². The molecule has 0 atom stereocenters. The summed E-state index contributed by atoms with van der Waals surface area (Å²) in [5, 5.41) is 0. The van der Waals surface area contributed by atoms with Crippen molar-refractivity contribution in [3.63, 3.8) is 0 Å². The van der Waals surface area contributed by atoms with Crippen LogP contribution in [0.1, 0.15) is 0 Å². The van der Waals surface area contributed by atoms with Crippen molar-refractivity contribution in [3.8, 4) is 0 Å². The van der Waals surface area contributed by atoms with Crippen molar-refractivity contribution in [1.29, 1.82) is 0 Å². The average Bonchev–Trinajstić information content (AvgIpc) is 1.69. The molecule has 0 aromatic carbocycles. The van der Waals surface area contributed by atoms with Gasteiger partial charge in [-0.2, -0.15) is 0 Å². The Bertz CT molecular complexity index is 146. The van der Waals surface area contributed by atoms with Gasteiger partial charge in [-0.05, 0) is 0 Å². The third-order valence-corrected chi connectivity index (χ3v) is 0.865. The van der Waals surface area contributed by atoms with Crippen LogP contribution in [-0.2, 0) is 20.5 Å². The molecule has 4 heteroatoms. The summed E-state index contributed by atoms with van der Waals surface area (Å²) in [6.45, 7) is 0. The number of hydrogen-bond acceptors (Lipinski definition) is 0. The van der Waals surface area contributed by atoms with Crippen LogP contribution in [0.5, 0.6) is 0 Å². The number of nitrogens with zero attached hydrogens (tertiary/aromatic N) is 1. The highest BCUT2D eigenvalue weighted by Gasteiger charge is 1.78. The fraction of sp³-hybridized carbons (Fsp3) is 0.167. The number of aromatic nitrogens is 1. The molecule has 0 aliphatic heterocycles. The lowest BCUT2D eigenvalue weighted by molar-refractivity contribution is -0.671. The Morgan fingerprint density at radius 1 is 0.900 bits per heavy atom. The van der Waals surface area contributed by atoms with E-state index in [1.54, 1.807) is 0 Å². The molecule has 0 unspecified atom stereocenters. The Hall–Kier alpha value is 0.960. The van der Waals surface area contributed by atoms with Crippen LogP contribution < -0.4 is 52.5 Å². The minimum atomic E-state index is 0. The van der Waals surface area contributed by atoms with Gasteiger partial charge in [0.25, 0.3) is 0 Å². The van der Waals surface area contributed by atoms with Gasteiger partial charge >= 0.3 is 0 Å². The van der Waals surface area contributed by atoms with Crippen LogP contribution in [0.2, 0.25) is 0 Å². The molecule has 1 nitrogen and oxygen atoms in total. The summed E-state index contributed by atoms with van der Waals surface area (Å²) in [4.78, 5) is 0. The quantitative estimate of drug-likeness (QED) is 0.239. The maximum absolute atomic E-state index is 2.00. The SMILES string of the molecule is C[n+]1ccccc1.[I-].[I-].[SH3+]. The van der Waals surface area contributed by atoms with E-state index in [-0.39, 0.29) is 61.4 Å². The fourth-order valence-electron chi connectivity index (χ4n) is 0.485. The summed E-state index contributed by atoms with van der Waals surface area (Å²) in [6.07, 6.45) is 4.00. The van der Waals surface area contributed by atoms with Crippen molar-refractivity contribution in [1.82, 2.24) is 0 Å². The molecule has 0 spiro atoms. The zero-order valence-corrected chi connectivity index (χ0v) is 11.1. The van der Waals surface area contributed by atoms with Gasteiger partial charge in [0.1, 0.15) is 7.05 Å². The topological polar surface area (TPSA) is 3.88 Å². The number of hydrogen-bond donors (Lipinski definition) is 0.